The van der Waals surface area contributed by atoms with Gasteiger partial charge >= 0.3 is 0 Å². The molecule has 0 amide bonds. The van der Waals surface area contributed by atoms with Crippen LogP contribution in [0.1, 0.15) is 15.9 Å². The first-order valence-electron chi connectivity index (χ1n) is 5.69. The van der Waals surface area contributed by atoms with E-state index in [1.54, 1.807) is 0 Å². The van der Waals surface area contributed by atoms with E-state index in [1.165, 1.54) is 19.5 Å². The van der Waals surface area contributed by atoms with Crippen molar-refractivity contribution in [2.75, 3.05) is 19.8 Å². The molecule has 90 valence electrons. The Labute approximate surface area is 109 Å². The molecule has 0 bridgehead atoms. The summed E-state index contributed by atoms with van der Waals surface area (Å²) < 4.78 is 11.1. The summed E-state index contributed by atoms with van der Waals surface area (Å²) in [6.07, 6.45) is 0.128. The predicted octanol–water partition coefficient (Wildman–Crippen LogP) is 3.87. The van der Waals surface area contributed by atoms with Crippen molar-refractivity contribution in [1.29, 1.82) is 0 Å². The number of aryl methyl sites for hydroxylation is 1. The molecule has 0 N–H and O–H groups in total. The van der Waals surface area contributed by atoms with Crippen LogP contribution in [0.25, 0.3) is 9.75 Å². The zero-order valence-electron chi connectivity index (χ0n) is 9.64. The molecule has 2 nitrogen and oxygen atoms in total. The van der Waals surface area contributed by atoms with E-state index < -0.39 is 0 Å². The number of hydrogen-bond donors (Lipinski definition) is 0. The summed E-state index contributed by atoms with van der Waals surface area (Å²) in [4.78, 5) is 5.29. The van der Waals surface area contributed by atoms with Gasteiger partial charge in [-0.3, -0.25) is 0 Å². The standard InChI is InChI=1S/C13H14O2S2/c1-9-2-3-12(16-9)13-5-4-11(17-13)10-8-14-6-7-15-10/h2-5,10H,6-8H2,1H3. The second kappa shape index (κ2) is 4.90. The topological polar surface area (TPSA) is 18.5 Å². The van der Waals surface area contributed by atoms with Gasteiger partial charge in [-0.15, -0.1) is 22.7 Å². The second-order valence-corrected chi connectivity index (χ2v) is 6.45. The fourth-order valence-electron chi connectivity index (χ4n) is 1.88. The second-order valence-electron chi connectivity index (χ2n) is 4.05. The van der Waals surface area contributed by atoms with E-state index in [1.807, 2.05) is 22.7 Å². The minimum atomic E-state index is 0.128. The maximum Gasteiger partial charge on any atom is 0.115 e. The van der Waals surface area contributed by atoms with Gasteiger partial charge in [0, 0.05) is 19.5 Å². The summed E-state index contributed by atoms with van der Waals surface area (Å²) in [6, 6.07) is 8.70. The van der Waals surface area contributed by atoms with E-state index in [2.05, 4.69) is 31.2 Å². The first-order chi connectivity index (χ1) is 8.33. The number of rotatable bonds is 2. The van der Waals surface area contributed by atoms with E-state index in [0.717, 1.165) is 6.61 Å². The lowest BCUT2D eigenvalue weighted by Gasteiger charge is -2.21. The van der Waals surface area contributed by atoms with Crippen LogP contribution >= 0.6 is 22.7 Å². The Balaban J connectivity index is 1.82. The average molecular weight is 266 g/mol. The molecular formula is C13H14O2S2. The summed E-state index contributed by atoms with van der Waals surface area (Å²) in [6.45, 7) is 4.25. The van der Waals surface area contributed by atoms with Crippen molar-refractivity contribution in [2.24, 2.45) is 0 Å². The fourth-order valence-corrected chi connectivity index (χ4v) is 3.88. The Kier molecular flexibility index (Phi) is 3.29. The van der Waals surface area contributed by atoms with Crippen LogP contribution < -0.4 is 0 Å². The molecule has 1 aliphatic rings. The summed E-state index contributed by atoms with van der Waals surface area (Å²) >= 11 is 3.65. The van der Waals surface area contributed by atoms with E-state index in [9.17, 15) is 0 Å². The van der Waals surface area contributed by atoms with Gasteiger partial charge in [0.25, 0.3) is 0 Å². The highest BCUT2D eigenvalue weighted by Crippen LogP contribution is 2.36. The van der Waals surface area contributed by atoms with Crippen LogP contribution in [0, 0.1) is 6.92 Å². The highest BCUT2D eigenvalue weighted by Gasteiger charge is 2.18. The summed E-state index contributed by atoms with van der Waals surface area (Å²) in [5, 5.41) is 0. The molecule has 1 saturated heterocycles. The van der Waals surface area contributed by atoms with Gasteiger partial charge in [0.2, 0.25) is 0 Å². The molecule has 3 heterocycles. The Hall–Kier alpha value is -0.680. The van der Waals surface area contributed by atoms with Gasteiger partial charge in [0.1, 0.15) is 6.10 Å². The van der Waals surface area contributed by atoms with Gasteiger partial charge < -0.3 is 9.47 Å². The molecule has 1 atom stereocenters. The van der Waals surface area contributed by atoms with Gasteiger partial charge in [0.05, 0.1) is 19.8 Å². The van der Waals surface area contributed by atoms with E-state index in [-0.39, 0.29) is 6.10 Å². The maximum absolute atomic E-state index is 5.71. The normalized spacial score (nSPS) is 20.6. The van der Waals surface area contributed by atoms with Crippen molar-refractivity contribution in [2.45, 2.75) is 13.0 Å². The molecule has 1 aliphatic heterocycles. The third-order valence-corrected chi connectivity index (χ3v) is 5.12. The van der Waals surface area contributed by atoms with Crippen molar-refractivity contribution in [3.05, 3.63) is 34.0 Å². The van der Waals surface area contributed by atoms with Crippen LogP contribution in [0.5, 0.6) is 0 Å². The van der Waals surface area contributed by atoms with Crippen LogP contribution in [-0.4, -0.2) is 19.8 Å². The molecule has 4 heteroatoms. The highest BCUT2D eigenvalue weighted by atomic mass is 32.1. The highest BCUT2D eigenvalue weighted by molar-refractivity contribution is 7.22. The monoisotopic (exact) mass is 266 g/mol. The largest absolute Gasteiger partial charge is 0.376 e. The Bertz CT molecular complexity index is 495. The smallest absolute Gasteiger partial charge is 0.115 e. The molecular weight excluding hydrogens is 252 g/mol. The minimum Gasteiger partial charge on any atom is -0.376 e. The van der Waals surface area contributed by atoms with Crippen LogP contribution in [0.2, 0.25) is 0 Å². The van der Waals surface area contributed by atoms with Gasteiger partial charge in [-0.25, -0.2) is 0 Å². The summed E-state index contributed by atoms with van der Waals surface area (Å²) in [7, 11) is 0. The molecule has 0 radical (unpaired) electrons. The lowest BCUT2D eigenvalue weighted by Crippen LogP contribution is -2.21. The molecule has 2 aromatic heterocycles. The van der Waals surface area contributed by atoms with Gasteiger partial charge in [-0.2, -0.15) is 0 Å². The Morgan fingerprint density at radius 2 is 1.88 bits per heavy atom. The number of thiophene rings is 2. The number of hydrogen-bond acceptors (Lipinski definition) is 4. The Morgan fingerprint density at radius 3 is 2.59 bits per heavy atom. The van der Waals surface area contributed by atoms with E-state index >= 15 is 0 Å². The van der Waals surface area contributed by atoms with Crippen molar-refractivity contribution in [3.8, 4) is 9.75 Å². The summed E-state index contributed by atoms with van der Waals surface area (Å²) in [5.41, 5.74) is 0. The van der Waals surface area contributed by atoms with Crippen molar-refractivity contribution in [3.63, 3.8) is 0 Å². The van der Waals surface area contributed by atoms with Gasteiger partial charge in [0.15, 0.2) is 0 Å². The molecule has 0 aliphatic carbocycles. The zero-order chi connectivity index (χ0) is 11.7. The quantitative estimate of drug-likeness (QED) is 0.821. The maximum atomic E-state index is 5.71. The average Bonchev–Trinajstić information content (AvgIpc) is 2.98. The van der Waals surface area contributed by atoms with Crippen molar-refractivity contribution in [1.82, 2.24) is 0 Å². The third-order valence-electron chi connectivity index (χ3n) is 2.74. The third kappa shape index (κ3) is 2.45. The zero-order valence-corrected chi connectivity index (χ0v) is 11.3. The van der Waals surface area contributed by atoms with Crippen LogP contribution in [0.4, 0.5) is 0 Å². The van der Waals surface area contributed by atoms with Gasteiger partial charge in [-0.1, -0.05) is 0 Å². The molecule has 1 fully saturated rings. The molecule has 2 aromatic rings. The Morgan fingerprint density at radius 1 is 1.06 bits per heavy atom. The molecule has 17 heavy (non-hydrogen) atoms. The van der Waals surface area contributed by atoms with Crippen molar-refractivity contribution < 1.29 is 9.47 Å². The fraction of sp³-hybridized carbons (Fsp3) is 0.385. The lowest BCUT2D eigenvalue weighted by atomic mass is 10.3. The minimum absolute atomic E-state index is 0.128. The molecule has 3 rings (SSSR count). The predicted molar refractivity (Wildman–Crippen MR) is 71.9 cm³/mol. The van der Waals surface area contributed by atoms with Crippen LogP contribution in [0.3, 0.4) is 0 Å². The van der Waals surface area contributed by atoms with E-state index in [0.29, 0.717) is 13.2 Å². The number of ether oxygens (including phenoxy) is 2. The lowest BCUT2D eigenvalue weighted by molar-refractivity contribution is -0.0887. The molecule has 0 spiro atoms. The van der Waals surface area contributed by atoms with Crippen LogP contribution in [0.15, 0.2) is 24.3 Å². The first-order valence-corrected chi connectivity index (χ1v) is 7.32. The molecule has 0 aromatic carbocycles. The van der Waals surface area contributed by atoms with E-state index in [4.69, 9.17) is 9.47 Å². The SMILES string of the molecule is Cc1ccc(-c2ccc(C3COCCO3)s2)s1. The molecule has 0 saturated carbocycles. The first kappa shape index (κ1) is 11.4. The van der Waals surface area contributed by atoms with Gasteiger partial charge in [-0.05, 0) is 31.2 Å². The van der Waals surface area contributed by atoms with Crippen LogP contribution in [-0.2, 0) is 9.47 Å². The van der Waals surface area contributed by atoms with Crippen molar-refractivity contribution >= 4 is 22.7 Å². The molecule has 1 unspecified atom stereocenters. The summed E-state index contributed by atoms with van der Waals surface area (Å²) in [5.74, 6) is 0.